The number of pyridine rings is 1. The molecule has 0 bridgehead atoms. The van der Waals surface area contributed by atoms with Gasteiger partial charge in [0.15, 0.2) is 0 Å². The molecular formula is C26H28F4N4O3. The number of nitrogens with two attached hydrogens (primary N) is 1. The Kier molecular flexibility index (Phi) is 6.17. The second-order valence-corrected chi connectivity index (χ2v) is 10.3. The molecule has 11 heteroatoms. The van der Waals surface area contributed by atoms with Crippen LogP contribution in [0.25, 0.3) is 0 Å². The summed E-state index contributed by atoms with van der Waals surface area (Å²) in [6, 6.07) is 3.21. The number of aryl methyl sites for hydroxylation is 1. The fraction of sp³-hybridized carbons (Fsp3) is 0.500. The number of aliphatic hydroxyl groups excluding tert-OH is 1. The Hall–Kier alpha value is -3.21. The summed E-state index contributed by atoms with van der Waals surface area (Å²) in [5.41, 5.74) is 5.02. The van der Waals surface area contributed by atoms with E-state index in [0.29, 0.717) is 30.3 Å². The lowest BCUT2D eigenvalue weighted by molar-refractivity contribution is -0.137. The van der Waals surface area contributed by atoms with E-state index in [9.17, 15) is 27.9 Å². The van der Waals surface area contributed by atoms with Crippen LogP contribution >= 0.6 is 0 Å². The SMILES string of the molecule is Cc1cc(C(=O)N2C(C(N)=O)CC3CC32[C@@H](c2ccc(C(F)(F)F)cc2F)C2CC2)c(NCCO)cn1. The highest BCUT2D eigenvalue weighted by atomic mass is 19.4. The van der Waals surface area contributed by atoms with E-state index >= 15 is 4.39 Å². The zero-order valence-corrected chi connectivity index (χ0v) is 20.2. The fourth-order valence-corrected chi connectivity index (χ4v) is 6.20. The first kappa shape index (κ1) is 25.4. The zero-order chi connectivity index (χ0) is 26.7. The summed E-state index contributed by atoms with van der Waals surface area (Å²) in [5, 5.41) is 12.2. The topological polar surface area (TPSA) is 109 Å². The molecule has 0 spiro atoms. The van der Waals surface area contributed by atoms with Gasteiger partial charge < -0.3 is 21.1 Å². The van der Waals surface area contributed by atoms with Gasteiger partial charge in [-0.15, -0.1) is 0 Å². The largest absolute Gasteiger partial charge is 0.416 e. The zero-order valence-electron chi connectivity index (χ0n) is 20.2. The van der Waals surface area contributed by atoms with Crippen molar-refractivity contribution in [1.29, 1.82) is 0 Å². The molecule has 2 heterocycles. The van der Waals surface area contributed by atoms with Crippen LogP contribution in [0.15, 0.2) is 30.5 Å². The number of nitrogens with zero attached hydrogens (tertiary/aromatic N) is 2. The van der Waals surface area contributed by atoms with Gasteiger partial charge in [0, 0.05) is 18.2 Å². The van der Waals surface area contributed by atoms with Gasteiger partial charge in [-0.05, 0) is 68.2 Å². The van der Waals surface area contributed by atoms with E-state index in [0.717, 1.165) is 18.9 Å². The summed E-state index contributed by atoms with van der Waals surface area (Å²) in [5.74, 6) is -2.84. The number of aliphatic hydroxyl groups is 1. The van der Waals surface area contributed by atoms with Crippen LogP contribution < -0.4 is 11.1 Å². The Morgan fingerprint density at radius 3 is 2.62 bits per heavy atom. The molecule has 37 heavy (non-hydrogen) atoms. The van der Waals surface area contributed by atoms with E-state index in [1.807, 2.05) is 0 Å². The molecule has 3 unspecified atom stereocenters. The van der Waals surface area contributed by atoms with Crippen molar-refractivity contribution in [3.05, 3.63) is 58.7 Å². The van der Waals surface area contributed by atoms with Crippen molar-refractivity contribution in [3.63, 3.8) is 0 Å². The normalized spacial score (nSPS) is 25.5. The number of piperidine rings is 1. The Bertz CT molecular complexity index is 1250. The van der Waals surface area contributed by atoms with Gasteiger partial charge in [-0.2, -0.15) is 13.2 Å². The van der Waals surface area contributed by atoms with Gasteiger partial charge in [0.1, 0.15) is 11.9 Å². The number of primary amides is 1. The maximum atomic E-state index is 15.3. The number of fused-ring (bicyclic) bond motifs is 1. The van der Waals surface area contributed by atoms with Crippen molar-refractivity contribution in [2.75, 3.05) is 18.5 Å². The molecule has 2 amide bonds. The molecule has 1 aromatic carbocycles. The molecule has 2 saturated carbocycles. The van der Waals surface area contributed by atoms with E-state index < -0.39 is 46.9 Å². The van der Waals surface area contributed by atoms with Gasteiger partial charge >= 0.3 is 6.18 Å². The number of hydrogen-bond donors (Lipinski definition) is 3. The molecule has 2 aromatic rings. The predicted molar refractivity (Wildman–Crippen MR) is 126 cm³/mol. The molecule has 7 nitrogen and oxygen atoms in total. The Balaban J connectivity index is 1.60. The fourth-order valence-electron chi connectivity index (χ4n) is 6.20. The van der Waals surface area contributed by atoms with Crippen LogP contribution in [0.3, 0.4) is 0 Å². The number of alkyl halides is 3. The minimum absolute atomic E-state index is 0.0238. The Morgan fingerprint density at radius 1 is 1.30 bits per heavy atom. The molecule has 0 radical (unpaired) electrons. The highest BCUT2D eigenvalue weighted by molar-refractivity contribution is 6.03. The number of benzene rings is 1. The molecule has 5 rings (SSSR count). The van der Waals surface area contributed by atoms with Crippen LogP contribution in [0, 0.1) is 24.6 Å². The van der Waals surface area contributed by atoms with Crippen LogP contribution in [-0.2, 0) is 11.0 Å². The highest BCUT2D eigenvalue weighted by Crippen LogP contribution is 2.69. The van der Waals surface area contributed by atoms with Crippen molar-refractivity contribution in [2.45, 2.75) is 56.3 Å². The number of nitrogens with one attached hydrogen (secondary N) is 1. The van der Waals surface area contributed by atoms with E-state index in [4.69, 9.17) is 5.73 Å². The second kappa shape index (κ2) is 8.97. The van der Waals surface area contributed by atoms with Crippen LogP contribution in [-0.4, -0.2) is 51.5 Å². The van der Waals surface area contributed by atoms with Crippen LogP contribution in [0.4, 0.5) is 23.2 Å². The number of hydrogen-bond acceptors (Lipinski definition) is 5. The molecular weight excluding hydrogens is 492 g/mol. The van der Waals surface area contributed by atoms with Crippen molar-refractivity contribution in [3.8, 4) is 0 Å². The van der Waals surface area contributed by atoms with E-state index in [-0.39, 0.29) is 36.1 Å². The third kappa shape index (κ3) is 4.32. The van der Waals surface area contributed by atoms with Crippen LogP contribution in [0.5, 0.6) is 0 Å². The summed E-state index contributed by atoms with van der Waals surface area (Å²) in [6.45, 7) is 1.69. The number of carbonyl (C=O) groups is 2. The van der Waals surface area contributed by atoms with E-state index in [1.165, 1.54) is 17.2 Å². The quantitative estimate of drug-likeness (QED) is 0.461. The number of carbonyl (C=O) groups excluding carboxylic acids is 2. The van der Waals surface area contributed by atoms with Gasteiger partial charge in [-0.25, -0.2) is 4.39 Å². The summed E-state index contributed by atoms with van der Waals surface area (Å²) in [6.07, 6.45) is -0.887. The average molecular weight is 521 g/mol. The van der Waals surface area contributed by atoms with Gasteiger partial charge in [0.05, 0.1) is 35.2 Å². The van der Waals surface area contributed by atoms with Crippen LogP contribution in [0.1, 0.15) is 58.8 Å². The molecule has 3 fully saturated rings. The maximum absolute atomic E-state index is 15.3. The van der Waals surface area contributed by atoms with Crippen molar-refractivity contribution >= 4 is 17.5 Å². The standard InChI is InChI=1S/C26H28F4N4O3/c1-13-8-18(20(12-33-13)32-6-7-35)24(37)34-21(23(31)36)10-16-11-25(16,34)22(14-2-3-14)17-5-4-15(9-19(17)27)26(28,29)30/h4-5,8-9,12,14,16,21-22,32,35H,2-3,6-7,10-11H2,1H3,(H2,31,36)/t16?,21?,22-,25?/m1/s1. The number of amides is 2. The molecule has 3 aliphatic rings. The molecule has 4 N–H and O–H groups in total. The third-order valence-electron chi connectivity index (χ3n) is 7.93. The predicted octanol–water partition coefficient (Wildman–Crippen LogP) is 3.60. The lowest BCUT2D eigenvalue weighted by atomic mass is 9.82. The van der Waals surface area contributed by atoms with Gasteiger partial charge in [0.25, 0.3) is 5.91 Å². The number of halogens is 4. The van der Waals surface area contributed by atoms with E-state index in [2.05, 4.69) is 10.3 Å². The lowest BCUT2D eigenvalue weighted by Gasteiger charge is -2.39. The van der Waals surface area contributed by atoms with Gasteiger partial charge in [0.2, 0.25) is 5.91 Å². The molecule has 2 aliphatic carbocycles. The Morgan fingerprint density at radius 2 is 2.03 bits per heavy atom. The number of rotatable bonds is 8. The number of anilines is 1. The first-order valence-corrected chi connectivity index (χ1v) is 12.3. The smallest absolute Gasteiger partial charge is 0.395 e. The minimum atomic E-state index is -4.68. The number of aromatic nitrogens is 1. The molecule has 198 valence electrons. The second-order valence-electron chi connectivity index (χ2n) is 10.3. The average Bonchev–Trinajstić information content (AvgIpc) is 3.76. The van der Waals surface area contributed by atoms with Crippen molar-refractivity contribution in [1.82, 2.24) is 9.88 Å². The number of likely N-dealkylation sites (tertiary alicyclic amines) is 1. The summed E-state index contributed by atoms with van der Waals surface area (Å²) < 4.78 is 54.9. The third-order valence-corrected chi connectivity index (χ3v) is 7.93. The molecule has 1 saturated heterocycles. The van der Waals surface area contributed by atoms with Crippen molar-refractivity contribution in [2.24, 2.45) is 17.6 Å². The lowest BCUT2D eigenvalue weighted by Crippen LogP contribution is -2.53. The monoisotopic (exact) mass is 520 g/mol. The Labute approximate surface area is 211 Å². The van der Waals surface area contributed by atoms with Crippen molar-refractivity contribution < 1.29 is 32.3 Å². The maximum Gasteiger partial charge on any atom is 0.416 e. The first-order valence-electron chi connectivity index (χ1n) is 12.3. The minimum Gasteiger partial charge on any atom is -0.395 e. The van der Waals surface area contributed by atoms with E-state index in [1.54, 1.807) is 13.0 Å². The van der Waals surface area contributed by atoms with Crippen LogP contribution in [0.2, 0.25) is 0 Å². The molecule has 4 atom stereocenters. The van der Waals surface area contributed by atoms with Gasteiger partial charge in [-0.1, -0.05) is 6.07 Å². The first-order chi connectivity index (χ1) is 17.5. The summed E-state index contributed by atoms with van der Waals surface area (Å²) in [4.78, 5) is 32.3. The molecule has 1 aromatic heterocycles. The highest BCUT2D eigenvalue weighted by Gasteiger charge is 2.73. The summed E-state index contributed by atoms with van der Waals surface area (Å²) in [7, 11) is 0. The molecule has 1 aliphatic heterocycles. The summed E-state index contributed by atoms with van der Waals surface area (Å²) >= 11 is 0. The van der Waals surface area contributed by atoms with Gasteiger partial charge in [-0.3, -0.25) is 14.6 Å².